The van der Waals surface area contributed by atoms with Gasteiger partial charge in [-0.1, -0.05) is 124 Å². The zero-order valence-corrected chi connectivity index (χ0v) is 12.9. The first-order valence-electron chi connectivity index (χ1n) is 7.36. The van der Waals surface area contributed by atoms with Crippen LogP contribution in [-0.2, 0) is 12.8 Å². The number of hydrogen-bond acceptors (Lipinski definition) is 0. The number of aryl methyl sites for hydroxylation is 2. The Labute approximate surface area is 149 Å². The van der Waals surface area contributed by atoms with E-state index in [0.717, 1.165) is 12.8 Å². The van der Waals surface area contributed by atoms with Gasteiger partial charge >= 0.3 is 0 Å². The molecule has 0 aliphatic rings. The summed E-state index contributed by atoms with van der Waals surface area (Å²) in [5, 5.41) is 0. The first kappa shape index (κ1) is 33.1. The molecule has 0 fully saturated rings. The fraction of sp³-hybridized carbons (Fsp3) is 0.478. The molecule has 0 amide bonds. The summed E-state index contributed by atoms with van der Waals surface area (Å²) in [6, 6.07) is 20.9. The van der Waals surface area contributed by atoms with Crippen molar-refractivity contribution in [2.45, 2.75) is 76.7 Å². The molecule has 0 heteroatoms. The van der Waals surface area contributed by atoms with Gasteiger partial charge in [-0.2, -0.15) is 0 Å². The zero-order valence-electron chi connectivity index (χ0n) is 12.9. The Bertz CT molecular complexity index is 336. The van der Waals surface area contributed by atoms with Crippen molar-refractivity contribution in [2.75, 3.05) is 0 Å². The predicted molar refractivity (Wildman–Crippen MR) is 115 cm³/mol. The predicted octanol–water partition coefficient (Wildman–Crippen LogP) is 8.46. The molecule has 0 heterocycles. The van der Waals surface area contributed by atoms with Crippen LogP contribution in [0.5, 0.6) is 0 Å². The van der Waals surface area contributed by atoms with E-state index in [-0.39, 0.29) is 29.7 Å². The van der Waals surface area contributed by atoms with E-state index in [0.29, 0.717) is 0 Å². The molecule has 136 valence electrons. The van der Waals surface area contributed by atoms with E-state index in [1.165, 1.54) is 17.5 Å². The van der Waals surface area contributed by atoms with Crippen LogP contribution in [0, 0.1) is 0 Å². The molecule has 0 radical (unpaired) electrons. The standard InChI is InChI=1S/2C8H10.C3H8.4CH4/c2*1-2-8-6-4-3-5-7-8;1-3-2;;;;/h2*3-7H,2H2,1H3;3H2,1-2H3;4*1H4. The number of benzene rings is 2. The van der Waals surface area contributed by atoms with E-state index < -0.39 is 0 Å². The molecule has 2 rings (SSSR count). The third kappa shape index (κ3) is 20.4. The Kier molecular flexibility index (Phi) is 36.6. The van der Waals surface area contributed by atoms with Gasteiger partial charge in [0, 0.05) is 0 Å². The Morgan fingerprint density at radius 1 is 0.478 bits per heavy atom. The smallest absolute Gasteiger partial charge is 0.0307 e. The van der Waals surface area contributed by atoms with Crippen LogP contribution < -0.4 is 0 Å². The molecule has 0 atom stereocenters. The average molecular weight is 321 g/mol. The quantitative estimate of drug-likeness (QED) is 0.520. The van der Waals surface area contributed by atoms with Gasteiger partial charge in [0.05, 0.1) is 0 Å². The lowest BCUT2D eigenvalue weighted by atomic mass is 10.2. The van der Waals surface area contributed by atoms with E-state index in [1.54, 1.807) is 0 Å². The van der Waals surface area contributed by atoms with Crippen LogP contribution in [0.1, 0.15) is 74.9 Å². The molecule has 23 heavy (non-hydrogen) atoms. The highest BCUT2D eigenvalue weighted by Crippen LogP contribution is 1.97. The van der Waals surface area contributed by atoms with Gasteiger partial charge < -0.3 is 0 Å². The summed E-state index contributed by atoms with van der Waals surface area (Å²) < 4.78 is 0. The second-order valence-corrected chi connectivity index (χ2v) is 4.39. The lowest BCUT2D eigenvalue weighted by Gasteiger charge is -1.89. The maximum Gasteiger partial charge on any atom is -0.0307 e. The fourth-order valence-electron chi connectivity index (χ4n) is 1.43. The van der Waals surface area contributed by atoms with Crippen molar-refractivity contribution >= 4 is 0 Å². The van der Waals surface area contributed by atoms with E-state index in [1.807, 2.05) is 12.1 Å². The third-order valence-electron chi connectivity index (χ3n) is 2.50. The van der Waals surface area contributed by atoms with Crippen LogP contribution in [-0.4, -0.2) is 0 Å². The van der Waals surface area contributed by atoms with Crippen molar-refractivity contribution < 1.29 is 0 Å². The molecule has 0 saturated heterocycles. The molecule has 0 bridgehead atoms. The van der Waals surface area contributed by atoms with Crippen molar-refractivity contribution in [3.63, 3.8) is 0 Å². The normalized spacial score (nSPS) is 7.13. The van der Waals surface area contributed by atoms with Crippen molar-refractivity contribution in [2.24, 2.45) is 0 Å². The molecule has 0 saturated carbocycles. The molecule has 0 aliphatic carbocycles. The zero-order chi connectivity index (χ0) is 14.3. The van der Waals surface area contributed by atoms with Crippen molar-refractivity contribution in [1.82, 2.24) is 0 Å². The molecule has 0 nitrogen and oxygen atoms in total. The van der Waals surface area contributed by atoms with Crippen LogP contribution in [0.2, 0.25) is 0 Å². The molecule has 0 aliphatic heterocycles. The van der Waals surface area contributed by atoms with Gasteiger partial charge in [-0.15, -0.1) is 0 Å². The fourth-order valence-corrected chi connectivity index (χ4v) is 1.43. The molecule has 0 N–H and O–H groups in total. The second-order valence-electron chi connectivity index (χ2n) is 4.39. The van der Waals surface area contributed by atoms with Crippen LogP contribution in [0.25, 0.3) is 0 Å². The molecular weight excluding hydrogens is 276 g/mol. The summed E-state index contributed by atoms with van der Waals surface area (Å²) in [4.78, 5) is 0. The molecule has 0 unspecified atom stereocenters. The van der Waals surface area contributed by atoms with Crippen molar-refractivity contribution in [3.8, 4) is 0 Å². The van der Waals surface area contributed by atoms with Crippen LogP contribution >= 0.6 is 0 Å². The Hall–Kier alpha value is -1.56. The minimum Gasteiger partial charge on any atom is -0.0776 e. The minimum absolute atomic E-state index is 0. The lowest BCUT2D eigenvalue weighted by Crippen LogP contribution is -1.73. The van der Waals surface area contributed by atoms with Crippen molar-refractivity contribution in [1.29, 1.82) is 0 Å². The van der Waals surface area contributed by atoms with E-state index in [9.17, 15) is 0 Å². The van der Waals surface area contributed by atoms with E-state index >= 15 is 0 Å². The van der Waals surface area contributed by atoms with Gasteiger partial charge in [0.15, 0.2) is 0 Å². The highest BCUT2D eigenvalue weighted by molar-refractivity contribution is 5.14. The third-order valence-corrected chi connectivity index (χ3v) is 2.50. The number of rotatable bonds is 2. The monoisotopic (exact) mass is 320 g/mol. The van der Waals surface area contributed by atoms with Gasteiger partial charge in [0.25, 0.3) is 0 Å². The first-order valence-corrected chi connectivity index (χ1v) is 7.36. The van der Waals surface area contributed by atoms with Gasteiger partial charge in [0.2, 0.25) is 0 Å². The Morgan fingerprint density at radius 2 is 0.696 bits per heavy atom. The van der Waals surface area contributed by atoms with Crippen LogP contribution in [0.4, 0.5) is 0 Å². The summed E-state index contributed by atoms with van der Waals surface area (Å²) in [7, 11) is 0. The Balaban J connectivity index is -0.0000000700. The topological polar surface area (TPSA) is 0 Å². The summed E-state index contributed by atoms with van der Waals surface area (Å²) >= 11 is 0. The highest BCUT2D eigenvalue weighted by Gasteiger charge is 1.80. The lowest BCUT2D eigenvalue weighted by molar-refractivity contribution is 1.09. The van der Waals surface area contributed by atoms with Crippen LogP contribution in [0.15, 0.2) is 60.7 Å². The van der Waals surface area contributed by atoms with Gasteiger partial charge in [-0.25, -0.2) is 0 Å². The van der Waals surface area contributed by atoms with Crippen LogP contribution in [0.3, 0.4) is 0 Å². The second kappa shape index (κ2) is 25.4. The van der Waals surface area contributed by atoms with Gasteiger partial charge in [-0.3, -0.25) is 0 Å². The SMILES string of the molecule is C.C.C.C.CCC.CCc1ccccc1.CCc1ccccc1. The first-order chi connectivity index (χ1) is 9.28. The van der Waals surface area contributed by atoms with E-state index in [4.69, 9.17) is 0 Å². The number of hydrogen-bond donors (Lipinski definition) is 0. The minimum atomic E-state index is 0. The molecular formula is C23H44. The van der Waals surface area contributed by atoms with Gasteiger partial charge in [0.1, 0.15) is 0 Å². The maximum absolute atomic E-state index is 2.16. The average Bonchev–Trinajstić information content (AvgIpc) is 2.50. The highest BCUT2D eigenvalue weighted by atomic mass is 13.9. The summed E-state index contributed by atoms with van der Waals surface area (Å²) in [6.45, 7) is 8.57. The van der Waals surface area contributed by atoms with Gasteiger partial charge in [-0.05, 0) is 24.0 Å². The molecule has 2 aromatic rings. The molecule has 2 aromatic carbocycles. The summed E-state index contributed by atoms with van der Waals surface area (Å²) in [5.41, 5.74) is 2.82. The maximum atomic E-state index is 2.16. The van der Waals surface area contributed by atoms with E-state index in [2.05, 4.69) is 76.2 Å². The van der Waals surface area contributed by atoms with Crippen molar-refractivity contribution in [3.05, 3.63) is 71.8 Å². The summed E-state index contributed by atoms with van der Waals surface area (Å²) in [5.74, 6) is 0. The molecule has 0 aromatic heterocycles. The largest absolute Gasteiger partial charge is 0.0776 e. The summed E-state index contributed by atoms with van der Waals surface area (Å²) in [6.07, 6.45) is 3.53. The molecule has 0 spiro atoms. The Morgan fingerprint density at radius 3 is 0.826 bits per heavy atom.